The molecule has 2 aliphatic heterocycles. The van der Waals surface area contributed by atoms with Gasteiger partial charge in [0, 0.05) is 44.1 Å². The number of carbonyl (C=O) groups is 2. The number of nitrogens with zero attached hydrogens (tertiary/aromatic N) is 3. The van der Waals surface area contributed by atoms with Crippen LogP contribution in [0.3, 0.4) is 0 Å². The zero-order valence-corrected chi connectivity index (χ0v) is 17.1. The number of likely N-dealkylation sites (tertiary alicyclic amines) is 2. The van der Waals surface area contributed by atoms with Crippen molar-refractivity contribution in [2.75, 3.05) is 31.5 Å². The van der Waals surface area contributed by atoms with Gasteiger partial charge in [-0.2, -0.15) is 0 Å². The number of piperidine rings is 1. The third-order valence-electron chi connectivity index (χ3n) is 5.65. The molecule has 30 heavy (non-hydrogen) atoms. The van der Waals surface area contributed by atoms with Crippen LogP contribution in [0.2, 0.25) is 0 Å². The fourth-order valence-electron chi connectivity index (χ4n) is 4.02. The molecule has 0 saturated carbocycles. The van der Waals surface area contributed by atoms with Gasteiger partial charge in [0.25, 0.3) is 0 Å². The van der Waals surface area contributed by atoms with E-state index < -0.39 is 0 Å². The van der Waals surface area contributed by atoms with Gasteiger partial charge in [-0.05, 0) is 49.9 Å². The monoisotopic (exact) mass is 408 g/mol. The molecular weight excluding hydrogens is 380 g/mol. The number of hydrogen-bond donors (Lipinski definition) is 1. The second-order valence-corrected chi connectivity index (χ2v) is 7.89. The lowest BCUT2D eigenvalue weighted by atomic mass is 9.97. The van der Waals surface area contributed by atoms with E-state index in [2.05, 4.69) is 10.3 Å². The molecule has 7 heteroatoms. The Bertz CT molecular complexity index is 868. The van der Waals surface area contributed by atoms with Crippen molar-refractivity contribution in [1.82, 2.24) is 14.8 Å². The van der Waals surface area contributed by atoms with Gasteiger partial charge >= 0.3 is 6.03 Å². The lowest BCUT2D eigenvalue weighted by molar-refractivity contribution is -0.121. The van der Waals surface area contributed by atoms with E-state index in [1.807, 2.05) is 52.3 Å². The molecule has 158 valence electrons. The predicted molar refractivity (Wildman–Crippen MR) is 114 cm³/mol. The summed E-state index contributed by atoms with van der Waals surface area (Å²) < 4.78 is 5.79. The van der Waals surface area contributed by atoms with Crippen molar-refractivity contribution in [3.05, 3.63) is 54.4 Å². The lowest BCUT2D eigenvalue weighted by Crippen LogP contribution is -2.48. The Kier molecular flexibility index (Phi) is 6.47. The number of anilines is 1. The number of carbonyl (C=O) groups excluding carboxylic acids is 2. The van der Waals surface area contributed by atoms with Gasteiger partial charge in [-0.3, -0.25) is 9.78 Å². The summed E-state index contributed by atoms with van der Waals surface area (Å²) in [6.45, 7) is 3.25. The molecule has 0 bridgehead atoms. The highest BCUT2D eigenvalue weighted by molar-refractivity contribution is 5.93. The maximum absolute atomic E-state index is 12.8. The van der Waals surface area contributed by atoms with Gasteiger partial charge in [0.2, 0.25) is 5.91 Å². The second-order valence-electron chi connectivity index (χ2n) is 7.89. The number of rotatable bonds is 5. The van der Waals surface area contributed by atoms with Crippen LogP contribution in [0.4, 0.5) is 10.5 Å². The van der Waals surface area contributed by atoms with Crippen molar-refractivity contribution < 1.29 is 14.3 Å². The van der Waals surface area contributed by atoms with Gasteiger partial charge < -0.3 is 19.9 Å². The van der Waals surface area contributed by atoms with Crippen LogP contribution in [-0.4, -0.2) is 52.9 Å². The summed E-state index contributed by atoms with van der Waals surface area (Å²) in [5.74, 6) is 0.437. The minimum atomic E-state index is -0.191. The van der Waals surface area contributed by atoms with Crippen LogP contribution in [0.5, 0.6) is 5.75 Å². The summed E-state index contributed by atoms with van der Waals surface area (Å²) in [5.41, 5.74) is 1.54. The molecule has 1 atom stereocenters. The average molecular weight is 409 g/mol. The summed E-state index contributed by atoms with van der Waals surface area (Å²) in [4.78, 5) is 33.5. The first kappa shape index (κ1) is 20.2. The Morgan fingerprint density at radius 2 is 1.87 bits per heavy atom. The zero-order chi connectivity index (χ0) is 20.8. The minimum absolute atomic E-state index is 0.0456. The van der Waals surface area contributed by atoms with E-state index >= 15 is 0 Å². The first-order valence-electron chi connectivity index (χ1n) is 10.7. The Labute approximate surface area is 177 Å². The van der Waals surface area contributed by atoms with Gasteiger partial charge in [0.05, 0.1) is 11.6 Å². The van der Waals surface area contributed by atoms with E-state index in [0.29, 0.717) is 24.6 Å². The van der Waals surface area contributed by atoms with Gasteiger partial charge in [-0.15, -0.1) is 0 Å². The largest absolute Gasteiger partial charge is 0.487 e. The third kappa shape index (κ3) is 5.09. The first-order chi connectivity index (χ1) is 14.7. The van der Waals surface area contributed by atoms with E-state index in [0.717, 1.165) is 51.0 Å². The standard InChI is InChI=1S/C23H28N4O3/c28-22(18-7-6-14-27(16-18)23(29)26-12-3-4-13-26)25-19-9-5-10-21(15-19)30-17-20-8-1-2-11-24-20/h1-2,5,8-11,15,18H,3-4,6-7,12-14,16-17H2,(H,25,28)/t18-/m0/s1. The van der Waals surface area contributed by atoms with Crippen molar-refractivity contribution in [2.24, 2.45) is 5.92 Å². The topological polar surface area (TPSA) is 74.8 Å². The molecule has 2 aromatic rings. The molecule has 0 unspecified atom stereocenters. The number of nitrogens with one attached hydrogen (secondary N) is 1. The molecule has 7 nitrogen and oxygen atoms in total. The maximum Gasteiger partial charge on any atom is 0.320 e. The highest BCUT2D eigenvalue weighted by atomic mass is 16.5. The SMILES string of the molecule is O=C(Nc1cccc(OCc2ccccn2)c1)[C@H]1CCCN(C(=O)N2CCCC2)C1. The summed E-state index contributed by atoms with van der Waals surface area (Å²) in [5, 5.41) is 2.99. The van der Waals surface area contributed by atoms with Crippen LogP contribution >= 0.6 is 0 Å². The van der Waals surface area contributed by atoms with Crippen LogP contribution in [0.25, 0.3) is 0 Å². The molecule has 0 radical (unpaired) electrons. The van der Waals surface area contributed by atoms with E-state index in [9.17, 15) is 9.59 Å². The number of benzene rings is 1. The van der Waals surface area contributed by atoms with Crippen molar-refractivity contribution in [3.63, 3.8) is 0 Å². The summed E-state index contributed by atoms with van der Waals surface area (Å²) in [6.07, 6.45) is 5.53. The van der Waals surface area contributed by atoms with Crippen LogP contribution < -0.4 is 10.1 Å². The average Bonchev–Trinajstić information content (AvgIpc) is 3.33. The summed E-state index contributed by atoms with van der Waals surface area (Å²) in [7, 11) is 0. The number of pyridine rings is 1. The van der Waals surface area contributed by atoms with Crippen molar-refractivity contribution in [3.8, 4) is 5.75 Å². The summed E-state index contributed by atoms with van der Waals surface area (Å²) >= 11 is 0. The number of aromatic nitrogens is 1. The molecule has 4 rings (SSSR count). The minimum Gasteiger partial charge on any atom is -0.487 e. The Hall–Kier alpha value is -3.09. The fourth-order valence-corrected chi connectivity index (χ4v) is 4.02. The highest BCUT2D eigenvalue weighted by Crippen LogP contribution is 2.23. The molecule has 3 heterocycles. The van der Waals surface area contributed by atoms with Crippen LogP contribution in [0.15, 0.2) is 48.7 Å². The molecule has 1 aromatic carbocycles. The predicted octanol–water partition coefficient (Wildman–Crippen LogP) is 3.53. The summed E-state index contributed by atoms with van der Waals surface area (Å²) in [6, 6.07) is 13.1. The molecule has 3 amide bonds. The molecule has 0 spiro atoms. The van der Waals surface area contributed by atoms with E-state index in [1.54, 1.807) is 6.20 Å². The van der Waals surface area contributed by atoms with E-state index in [1.165, 1.54) is 0 Å². The highest BCUT2D eigenvalue weighted by Gasteiger charge is 2.31. The van der Waals surface area contributed by atoms with Gasteiger partial charge in [0.15, 0.2) is 0 Å². The Morgan fingerprint density at radius 3 is 2.67 bits per heavy atom. The Morgan fingerprint density at radius 1 is 1.03 bits per heavy atom. The van der Waals surface area contributed by atoms with Crippen molar-refractivity contribution in [1.29, 1.82) is 0 Å². The molecule has 2 aliphatic rings. The number of urea groups is 1. The molecule has 0 aliphatic carbocycles. The van der Waals surface area contributed by atoms with E-state index in [-0.39, 0.29) is 17.9 Å². The number of amides is 3. The van der Waals surface area contributed by atoms with Gasteiger partial charge in [-0.1, -0.05) is 12.1 Å². The van der Waals surface area contributed by atoms with Crippen LogP contribution in [-0.2, 0) is 11.4 Å². The number of ether oxygens (including phenoxy) is 1. The lowest BCUT2D eigenvalue weighted by Gasteiger charge is -2.34. The van der Waals surface area contributed by atoms with Crippen molar-refractivity contribution in [2.45, 2.75) is 32.3 Å². The molecule has 1 N–H and O–H groups in total. The van der Waals surface area contributed by atoms with E-state index in [4.69, 9.17) is 4.74 Å². The zero-order valence-electron chi connectivity index (χ0n) is 17.1. The molecule has 1 aromatic heterocycles. The molecular formula is C23H28N4O3. The van der Waals surface area contributed by atoms with Gasteiger partial charge in [0.1, 0.15) is 12.4 Å². The normalized spacial score (nSPS) is 18.9. The molecule has 2 fully saturated rings. The smallest absolute Gasteiger partial charge is 0.320 e. The van der Waals surface area contributed by atoms with Crippen molar-refractivity contribution >= 4 is 17.6 Å². The first-order valence-corrected chi connectivity index (χ1v) is 10.7. The maximum atomic E-state index is 12.8. The van der Waals surface area contributed by atoms with Crippen LogP contribution in [0, 0.1) is 5.92 Å². The van der Waals surface area contributed by atoms with Crippen LogP contribution in [0.1, 0.15) is 31.4 Å². The second kappa shape index (κ2) is 9.61. The van der Waals surface area contributed by atoms with Gasteiger partial charge in [-0.25, -0.2) is 4.79 Å². The molecule has 2 saturated heterocycles. The Balaban J connectivity index is 1.32. The fraction of sp³-hybridized carbons (Fsp3) is 0.435. The third-order valence-corrected chi connectivity index (χ3v) is 5.65. The quantitative estimate of drug-likeness (QED) is 0.821. The number of hydrogen-bond acceptors (Lipinski definition) is 4.